The first-order chi connectivity index (χ1) is 64.8. The molecule has 4 saturated heterocycles. The maximum Gasteiger partial charge on any atom is 0.471 e. The number of hydrogen-bond acceptors (Lipinski definition) is 25. The van der Waals surface area contributed by atoms with Crippen molar-refractivity contribution in [3.05, 3.63) is 327 Å². The van der Waals surface area contributed by atoms with Gasteiger partial charge in [-0.15, -0.1) is 0 Å². The lowest BCUT2D eigenvalue weighted by molar-refractivity contribution is -0.406. The molecular weight excluding hydrogens is 1750 g/mol. The summed E-state index contributed by atoms with van der Waals surface area (Å²) < 4.78 is 185. The number of rotatable bonds is 45. The highest BCUT2D eigenvalue weighted by Gasteiger charge is 2.60. The molecule has 714 valence electrons. The van der Waals surface area contributed by atoms with Gasteiger partial charge in [-0.25, -0.2) is 0 Å². The van der Waals surface area contributed by atoms with Gasteiger partial charge in [-0.3, -0.25) is 19.2 Å². The molecule has 1 amide bonds. The van der Waals surface area contributed by atoms with Crippen LogP contribution in [0.15, 0.2) is 272 Å². The Labute approximate surface area is 779 Å². The van der Waals surface area contributed by atoms with Crippen molar-refractivity contribution in [1.29, 1.82) is 0 Å². The molecule has 9 aromatic rings. The molecule has 0 radical (unpaired) electrons. The summed E-state index contributed by atoms with van der Waals surface area (Å²) in [6.07, 6.45) is -33.0. The van der Waals surface area contributed by atoms with Crippen LogP contribution in [0.25, 0.3) is 10.4 Å². The van der Waals surface area contributed by atoms with Crippen LogP contribution in [0.3, 0.4) is 0 Å². The molecule has 0 unspecified atom stereocenters. The van der Waals surface area contributed by atoms with E-state index in [0.717, 1.165) is 54.2 Å². The van der Waals surface area contributed by atoms with Gasteiger partial charge in [0.1, 0.15) is 92.0 Å². The SMILES string of the molecule is CC(=O)OC[C@H]1O[C@H](O[C@H]2[C@H](O[C@H]3[C@H](O[C@@H]4O[C@H](COCc5ccccc5)[C@@H](OCc5ccccc5)[C@H](OCc5ccccc5)[C@H]4OCc4ccccc4)[C@@H](OCc4ccccc4)[C@@H](OCCc4ccc(NC(=O)C(F)(F)F)cc4)O[C@@H]3CO[Si](C)(C)C(C)(C)C)O[C@H](COCc3ccccc3)[C@@H](OCc3ccccc3)[C@@H]2OCc2ccccc2)[C@H](N=[N+]=[N-])[C@@H](OC(C)=O)[C@@H]1OC(C)=O. The summed E-state index contributed by atoms with van der Waals surface area (Å²) in [6, 6.07) is 80.0. The molecule has 13 rings (SSSR count). The summed E-state index contributed by atoms with van der Waals surface area (Å²) in [5, 5.41) is 5.67. The fraction of sp³-hybridized carbons (Fsp3) is 0.431. The number of esters is 3. The second-order valence-electron chi connectivity index (χ2n) is 34.5. The van der Waals surface area contributed by atoms with Gasteiger partial charge in [0.05, 0.1) is 79.3 Å². The van der Waals surface area contributed by atoms with Crippen LogP contribution in [0.5, 0.6) is 0 Å². The van der Waals surface area contributed by atoms with Crippen LogP contribution in [0.4, 0.5) is 18.9 Å². The maximum absolute atomic E-state index is 13.7. The van der Waals surface area contributed by atoms with Gasteiger partial charge in [-0.1, -0.05) is 281 Å². The highest BCUT2D eigenvalue weighted by molar-refractivity contribution is 6.74. The number of halogens is 3. The fourth-order valence-corrected chi connectivity index (χ4v) is 16.7. The van der Waals surface area contributed by atoms with E-state index in [1.54, 1.807) is 12.1 Å². The fourth-order valence-electron chi connectivity index (χ4n) is 15.7. The van der Waals surface area contributed by atoms with Gasteiger partial charge in [0.15, 0.2) is 45.7 Å². The van der Waals surface area contributed by atoms with Gasteiger partial charge in [0.2, 0.25) is 0 Å². The van der Waals surface area contributed by atoms with E-state index in [4.69, 9.17) is 94.4 Å². The lowest BCUT2D eigenvalue weighted by Gasteiger charge is -2.53. The minimum absolute atomic E-state index is 0.0215. The quantitative estimate of drug-likeness (QED) is 0.00925. The van der Waals surface area contributed by atoms with E-state index in [1.165, 1.54) is 12.1 Å². The number of azide groups is 1. The van der Waals surface area contributed by atoms with Crippen LogP contribution in [0.1, 0.15) is 91.6 Å². The number of nitrogens with one attached hydrogen (secondary N) is 1. The summed E-state index contributed by atoms with van der Waals surface area (Å²) in [6.45, 7) is 12.2. The molecule has 9 aromatic carbocycles. The minimum atomic E-state index is -5.16. The normalized spacial score (nSPS) is 25.5. The van der Waals surface area contributed by atoms with Gasteiger partial charge in [0.25, 0.3) is 0 Å². The second-order valence-corrected chi connectivity index (χ2v) is 39.3. The van der Waals surface area contributed by atoms with E-state index in [2.05, 4.69) is 43.9 Å². The molecule has 32 heteroatoms. The molecule has 4 aliphatic heterocycles. The molecule has 0 saturated carbocycles. The molecule has 28 nitrogen and oxygen atoms in total. The number of anilines is 1. The van der Waals surface area contributed by atoms with Gasteiger partial charge >= 0.3 is 30.0 Å². The number of carbonyl (C=O) groups excluding carboxylic acids is 4. The van der Waals surface area contributed by atoms with Crippen molar-refractivity contribution >= 4 is 37.8 Å². The summed E-state index contributed by atoms with van der Waals surface area (Å²) >= 11 is 0. The number of benzene rings is 9. The lowest BCUT2D eigenvalue weighted by atomic mass is 9.94. The lowest BCUT2D eigenvalue weighted by Crippen LogP contribution is -2.69. The van der Waals surface area contributed by atoms with Crippen molar-refractivity contribution in [3.63, 3.8) is 0 Å². The minimum Gasteiger partial charge on any atom is -0.463 e. The first kappa shape index (κ1) is 101. The summed E-state index contributed by atoms with van der Waals surface area (Å²) in [4.78, 5) is 55.5. The zero-order valence-corrected chi connectivity index (χ0v) is 77.1. The predicted molar refractivity (Wildman–Crippen MR) is 486 cm³/mol. The molecular formula is C102H117F3N4O24Si. The van der Waals surface area contributed by atoms with E-state index in [1.807, 2.05) is 248 Å². The van der Waals surface area contributed by atoms with Crippen LogP contribution in [-0.4, -0.2) is 194 Å². The Balaban J connectivity index is 1.04. The zero-order valence-electron chi connectivity index (χ0n) is 76.1. The van der Waals surface area contributed by atoms with E-state index in [-0.39, 0.29) is 91.4 Å². The summed E-state index contributed by atoms with van der Waals surface area (Å²) in [5.41, 5.74) is 17.5. The zero-order chi connectivity index (χ0) is 94.4. The van der Waals surface area contributed by atoms with E-state index in [0.29, 0.717) is 16.7 Å². The van der Waals surface area contributed by atoms with E-state index in [9.17, 15) is 37.9 Å². The number of alkyl halides is 3. The van der Waals surface area contributed by atoms with Crippen molar-refractivity contribution < 1.29 is 127 Å². The average Bonchev–Trinajstić information content (AvgIpc) is 0.751. The molecule has 0 bridgehead atoms. The third kappa shape index (κ3) is 29.5. The third-order valence-corrected chi connectivity index (χ3v) is 28.1. The smallest absolute Gasteiger partial charge is 0.463 e. The van der Waals surface area contributed by atoms with Crippen molar-refractivity contribution in [2.45, 2.75) is 248 Å². The van der Waals surface area contributed by atoms with E-state index < -0.39 is 173 Å². The number of carbonyl (C=O) groups is 4. The molecule has 4 aliphatic rings. The number of hydrogen-bond donors (Lipinski definition) is 1. The third-order valence-electron chi connectivity index (χ3n) is 23.6. The molecule has 4 heterocycles. The number of ether oxygens (including phenoxy) is 19. The number of nitrogens with zero attached hydrogens (tertiary/aromatic N) is 3. The van der Waals surface area contributed by atoms with Crippen molar-refractivity contribution in [1.82, 2.24) is 0 Å². The predicted octanol–water partition coefficient (Wildman–Crippen LogP) is 16.9. The van der Waals surface area contributed by atoms with Gasteiger partial charge in [-0.2, -0.15) is 13.2 Å². The topological polar surface area (TPSA) is 314 Å². The van der Waals surface area contributed by atoms with Crippen LogP contribution in [0.2, 0.25) is 18.1 Å². The standard InChI is InChI=1S/C102H117F3N4O24Si/c1-67(110)117-65-82-87(125-68(2)111)89(126-69(3)112)84(108-109-106)96(127-82)133-95-91(121-60-76-43-27-14-28-44-76)86(119-58-74-39-23-12-24-40-74)81(64-115-56-72-35-19-10-20-36-72)130-99(95)131-88-83(66-124-134(7,8)101(4,5)6)128-97(116-54-53-70-49-51-79(52-50-70)107-100(113)102(103,104)105)94(123-62-78-47-31-16-32-48-78)92(88)132-98-93(122-61-77-45-29-15-30-46-77)90(120-59-75-41-25-13-26-42-75)85(118-57-73-37-21-11-22-38-73)80(129-98)63-114-55-71-33-17-9-18-34-71/h9-52,80-99H,53-66H2,1-8H3,(H,107,113)/t80-,81-,82-,83-,84-,85-,86-,87-,88-,89-,90+,91+,92+,93-,94-,95-,96-,97+,98+,99+/m1/s1. The highest BCUT2D eigenvalue weighted by Crippen LogP contribution is 2.44. The summed E-state index contributed by atoms with van der Waals surface area (Å²) in [7, 11) is -2.97. The van der Waals surface area contributed by atoms with Crippen LogP contribution >= 0.6 is 0 Å². The second kappa shape index (κ2) is 49.8. The van der Waals surface area contributed by atoms with Crippen molar-refractivity contribution in [2.75, 3.05) is 38.4 Å². The molecule has 20 atom stereocenters. The van der Waals surface area contributed by atoms with Crippen LogP contribution in [0, 0.1) is 0 Å². The molecule has 134 heavy (non-hydrogen) atoms. The van der Waals surface area contributed by atoms with Gasteiger partial charge < -0.3 is 99.7 Å². The Morgan fingerprint density at radius 3 is 1.10 bits per heavy atom. The van der Waals surface area contributed by atoms with Crippen LogP contribution < -0.4 is 5.32 Å². The highest BCUT2D eigenvalue weighted by atomic mass is 28.4. The van der Waals surface area contributed by atoms with Crippen LogP contribution in [-0.2, 0) is 173 Å². The first-order valence-corrected chi connectivity index (χ1v) is 47.7. The van der Waals surface area contributed by atoms with Gasteiger partial charge in [-0.05, 0) is 92.3 Å². The Bertz CT molecular complexity index is 5090. The Kier molecular flexibility index (Phi) is 37.5. The largest absolute Gasteiger partial charge is 0.471 e. The monoisotopic (exact) mass is 1870 g/mol. The molecule has 1 N–H and O–H groups in total. The Hall–Kier alpha value is -10.5. The summed E-state index contributed by atoms with van der Waals surface area (Å²) in [5.74, 6) is -4.70. The Morgan fingerprint density at radius 1 is 0.366 bits per heavy atom. The van der Waals surface area contributed by atoms with Crippen molar-refractivity contribution in [3.8, 4) is 0 Å². The number of amides is 1. The van der Waals surface area contributed by atoms with E-state index >= 15 is 0 Å². The van der Waals surface area contributed by atoms with Crippen molar-refractivity contribution in [2.24, 2.45) is 5.11 Å². The first-order valence-electron chi connectivity index (χ1n) is 44.8. The molecule has 0 aliphatic carbocycles. The Morgan fingerprint density at radius 2 is 0.701 bits per heavy atom. The molecule has 4 fully saturated rings. The molecule has 0 spiro atoms. The average molecular weight is 1870 g/mol. The maximum atomic E-state index is 13.7. The molecule has 0 aromatic heterocycles. The van der Waals surface area contributed by atoms with Gasteiger partial charge in [0, 0.05) is 31.4 Å².